The maximum Gasteiger partial charge on any atom is 0.337 e. The van der Waals surface area contributed by atoms with E-state index >= 15 is 0 Å². The van der Waals surface area contributed by atoms with Crippen LogP contribution >= 0.6 is 0 Å². The number of methoxy groups -OCH3 is 1. The van der Waals surface area contributed by atoms with Gasteiger partial charge in [0.15, 0.2) is 0 Å². The summed E-state index contributed by atoms with van der Waals surface area (Å²) in [7, 11) is 1.27. The Hall–Kier alpha value is -4.26. The predicted octanol–water partition coefficient (Wildman–Crippen LogP) is 5.84. The smallest absolute Gasteiger partial charge is 0.337 e. The summed E-state index contributed by atoms with van der Waals surface area (Å²) < 4.78 is 18.6. The number of ketones is 1. The van der Waals surface area contributed by atoms with Gasteiger partial charge in [-0.05, 0) is 71.5 Å². The third kappa shape index (κ3) is 4.77. The number of Topliss-reactive ketones (excluding diaryl/α,β-unsaturated/α-hetero) is 1. The highest BCUT2D eigenvalue weighted by atomic mass is 19.1. The minimum Gasteiger partial charge on any atom is -0.507 e. The van der Waals surface area contributed by atoms with Gasteiger partial charge in [0.1, 0.15) is 11.6 Å². The average molecular weight is 502 g/mol. The van der Waals surface area contributed by atoms with Crippen LogP contribution in [-0.2, 0) is 19.7 Å². The van der Waals surface area contributed by atoms with Crippen molar-refractivity contribution in [2.45, 2.75) is 39.2 Å². The molecule has 1 aliphatic heterocycles. The van der Waals surface area contributed by atoms with Crippen LogP contribution in [0.5, 0.6) is 0 Å². The summed E-state index contributed by atoms with van der Waals surface area (Å²) in [6, 6.07) is 16.7. The molecule has 1 atom stereocenters. The number of esters is 1. The van der Waals surface area contributed by atoms with Gasteiger partial charge >= 0.3 is 5.97 Å². The number of aryl methyl sites for hydroxylation is 1. The zero-order chi connectivity index (χ0) is 27.1. The monoisotopic (exact) mass is 501 g/mol. The number of aliphatic hydroxyl groups excluding tert-OH is 1. The van der Waals surface area contributed by atoms with Gasteiger partial charge in [-0.25, -0.2) is 9.18 Å². The molecule has 7 heteroatoms. The molecule has 190 valence electrons. The number of halogens is 1. The number of anilines is 1. The molecule has 0 spiro atoms. The van der Waals surface area contributed by atoms with Crippen LogP contribution in [0.4, 0.5) is 10.1 Å². The quantitative estimate of drug-likeness (QED) is 0.210. The molecule has 1 unspecified atom stereocenters. The topological polar surface area (TPSA) is 83.9 Å². The van der Waals surface area contributed by atoms with Gasteiger partial charge in [-0.15, -0.1) is 0 Å². The lowest BCUT2D eigenvalue weighted by Gasteiger charge is -2.26. The number of carbonyl (C=O) groups excluding carboxylic acids is 3. The highest BCUT2D eigenvalue weighted by Crippen LogP contribution is 2.42. The lowest BCUT2D eigenvalue weighted by atomic mass is 9.85. The number of rotatable bonds is 4. The first kappa shape index (κ1) is 25.8. The Bertz CT molecular complexity index is 1420. The minimum absolute atomic E-state index is 0.100. The Balaban J connectivity index is 1.91. The highest BCUT2D eigenvalue weighted by Gasteiger charge is 2.47. The summed E-state index contributed by atoms with van der Waals surface area (Å²) in [6.45, 7) is 7.78. The van der Waals surface area contributed by atoms with Crippen LogP contribution in [0, 0.1) is 12.7 Å². The molecule has 37 heavy (non-hydrogen) atoms. The molecule has 1 fully saturated rings. The standard InChI is InChI=1S/C30H28FNO5/c1-17-16-20(10-15-23(17)31)26(33)24-25(18-6-11-21(12-7-18)30(2,3)4)32(28(35)27(24)34)22-13-8-19(9-14-22)29(36)37-5/h6-16,25,33H,1-5H3/b26-24-. The highest BCUT2D eigenvalue weighted by molar-refractivity contribution is 6.51. The van der Waals surface area contributed by atoms with Crippen LogP contribution in [-0.4, -0.2) is 29.9 Å². The number of ether oxygens (including phenoxy) is 1. The predicted molar refractivity (Wildman–Crippen MR) is 139 cm³/mol. The van der Waals surface area contributed by atoms with Gasteiger partial charge in [0.2, 0.25) is 0 Å². The third-order valence-corrected chi connectivity index (χ3v) is 6.53. The van der Waals surface area contributed by atoms with Crippen molar-refractivity contribution in [2.75, 3.05) is 12.0 Å². The van der Waals surface area contributed by atoms with E-state index in [2.05, 4.69) is 20.8 Å². The molecule has 1 aliphatic rings. The second-order valence-corrected chi connectivity index (χ2v) is 10.0. The van der Waals surface area contributed by atoms with Crippen LogP contribution < -0.4 is 4.90 Å². The number of benzene rings is 3. The van der Waals surface area contributed by atoms with Gasteiger partial charge in [0, 0.05) is 11.3 Å². The number of hydrogen-bond donors (Lipinski definition) is 1. The molecular weight excluding hydrogens is 473 g/mol. The third-order valence-electron chi connectivity index (χ3n) is 6.53. The molecule has 0 aliphatic carbocycles. The van der Waals surface area contributed by atoms with E-state index in [4.69, 9.17) is 4.74 Å². The van der Waals surface area contributed by atoms with Gasteiger partial charge in [0.25, 0.3) is 11.7 Å². The second kappa shape index (κ2) is 9.65. The van der Waals surface area contributed by atoms with Crippen molar-refractivity contribution >= 4 is 29.1 Å². The van der Waals surface area contributed by atoms with Crippen molar-refractivity contribution in [3.05, 3.63) is 106 Å². The number of hydrogen-bond acceptors (Lipinski definition) is 5. The number of carbonyl (C=O) groups is 3. The fraction of sp³-hybridized carbons (Fsp3) is 0.233. The van der Waals surface area contributed by atoms with E-state index in [0.29, 0.717) is 16.8 Å². The van der Waals surface area contributed by atoms with Gasteiger partial charge in [-0.3, -0.25) is 14.5 Å². The second-order valence-electron chi connectivity index (χ2n) is 10.0. The lowest BCUT2D eigenvalue weighted by molar-refractivity contribution is -0.132. The fourth-order valence-corrected chi connectivity index (χ4v) is 4.40. The molecule has 1 saturated heterocycles. The molecule has 3 aromatic rings. The summed E-state index contributed by atoms with van der Waals surface area (Å²) >= 11 is 0. The van der Waals surface area contributed by atoms with Crippen LogP contribution in [0.15, 0.2) is 72.3 Å². The molecule has 0 bridgehead atoms. The first-order valence-corrected chi connectivity index (χ1v) is 11.8. The molecule has 1 amide bonds. The maximum atomic E-state index is 13.9. The lowest BCUT2D eigenvalue weighted by Crippen LogP contribution is -2.29. The Morgan fingerprint density at radius 2 is 1.54 bits per heavy atom. The first-order chi connectivity index (χ1) is 17.4. The van der Waals surface area contributed by atoms with Crippen molar-refractivity contribution in [1.29, 1.82) is 0 Å². The summed E-state index contributed by atoms with van der Waals surface area (Å²) in [5, 5.41) is 11.2. The zero-order valence-corrected chi connectivity index (χ0v) is 21.3. The maximum absolute atomic E-state index is 13.9. The molecule has 1 heterocycles. The van der Waals surface area contributed by atoms with E-state index in [9.17, 15) is 23.9 Å². The largest absolute Gasteiger partial charge is 0.507 e. The average Bonchev–Trinajstić information content (AvgIpc) is 3.14. The number of aliphatic hydroxyl groups is 1. The van der Waals surface area contributed by atoms with E-state index in [0.717, 1.165) is 5.56 Å². The first-order valence-electron chi connectivity index (χ1n) is 11.8. The molecule has 1 N–H and O–H groups in total. The van der Waals surface area contributed by atoms with Crippen LogP contribution in [0.25, 0.3) is 5.76 Å². The Morgan fingerprint density at radius 1 is 0.946 bits per heavy atom. The summed E-state index contributed by atoms with van der Waals surface area (Å²) in [5.74, 6) is -3.05. The fourth-order valence-electron chi connectivity index (χ4n) is 4.40. The minimum atomic E-state index is -0.941. The zero-order valence-electron chi connectivity index (χ0n) is 21.3. The summed E-state index contributed by atoms with van der Waals surface area (Å²) in [5.41, 5.74) is 2.64. The van der Waals surface area contributed by atoms with Gasteiger partial charge in [-0.2, -0.15) is 0 Å². The van der Waals surface area contributed by atoms with Crippen LogP contribution in [0.2, 0.25) is 0 Å². The summed E-state index contributed by atoms with van der Waals surface area (Å²) in [4.78, 5) is 39.9. The van der Waals surface area contributed by atoms with Crippen LogP contribution in [0.1, 0.15) is 59.4 Å². The Labute approximate surface area is 215 Å². The molecule has 0 aromatic heterocycles. The van der Waals surface area contributed by atoms with Crippen molar-refractivity contribution in [3.63, 3.8) is 0 Å². The van der Waals surface area contributed by atoms with E-state index in [-0.39, 0.29) is 27.9 Å². The van der Waals surface area contributed by atoms with E-state index in [1.807, 2.05) is 24.3 Å². The normalized spacial score (nSPS) is 17.2. The molecule has 3 aromatic carbocycles. The van der Waals surface area contributed by atoms with Gasteiger partial charge < -0.3 is 9.84 Å². The van der Waals surface area contributed by atoms with Gasteiger partial charge in [0.05, 0.1) is 24.3 Å². The van der Waals surface area contributed by atoms with Crippen molar-refractivity contribution < 1.29 is 28.6 Å². The number of nitrogens with zero attached hydrogens (tertiary/aromatic N) is 1. The summed E-state index contributed by atoms with van der Waals surface area (Å²) in [6.07, 6.45) is 0. The molecule has 4 rings (SSSR count). The van der Waals surface area contributed by atoms with E-state index < -0.39 is 29.5 Å². The van der Waals surface area contributed by atoms with E-state index in [1.165, 1.54) is 42.3 Å². The molecule has 0 saturated carbocycles. The van der Waals surface area contributed by atoms with Crippen molar-refractivity contribution in [3.8, 4) is 0 Å². The van der Waals surface area contributed by atoms with E-state index in [1.54, 1.807) is 19.1 Å². The SMILES string of the molecule is COC(=O)c1ccc(N2C(=O)C(=O)/C(=C(\O)c3ccc(F)c(C)c3)C2c2ccc(C(C)(C)C)cc2)cc1. The van der Waals surface area contributed by atoms with Crippen molar-refractivity contribution in [1.82, 2.24) is 0 Å². The number of amides is 1. The van der Waals surface area contributed by atoms with Crippen molar-refractivity contribution in [2.24, 2.45) is 0 Å². The molecule has 6 nitrogen and oxygen atoms in total. The molecule has 0 radical (unpaired) electrons. The Morgan fingerprint density at radius 3 is 2.08 bits per heavy atom. The Kier molecular flexibility index (Phi) is 6.74. The van der Waals surface area contributed by atoms with Gasteiger partial charge in [-0.1, -0.05) is 45.0 Å². The molecular formula is C30H28FNO5. The van der Waals surface area contributed by atoms with Crippen LogP contribution in [0.3, 0.4) is 0 Å².